The van der Waals surface area contributed by atoms with E-state index in [9.17, 15) is 8.42 Å². The van der Waals surface area contributed by atoms with E-state index < -0.39 is 10.0 Å². The second-order valence-corrected chi connectivity index (χ2v) is 12.6. The van der Waals surface area contributed by atoms with E-state index in [1.54, 1.807) is 10.5 Å². The van der Waals surface area contributed by atoms with Gasteiger partial charge in [0.25, 0.3) is 0 Å². The molecule has 2 aliphatic rings. The molecule has 4 heterocycles. The number of H-pyrrole nitrogens is 1. The Morgan fingerprint density at radius 3 is 2.56 bits per heavy atom. The number of hydrogen-bond donors (Lipinski definition) is 1. The lowest BCUT2D eigenvalue weighted by molar-refractivity contribution is 0.174. The SMILES string of the molecule is O=S(=O)(CCc1cccc2ccccc12)N1CCC(c2nc(-c3ccc4c(c3)OCO4)c(-c3ccccn3)[nH]2)CC1. The van der Waals surface area contributed by atoms with Gasteiger partial charge in [-0.2, -0.15) is 0 Å². The summed E-state index contributed by atoms with van der Waals surface area (Å²) in [4.78, 5) is 13.1. The van der Waals surface area contributed by atoms with E-state index in [1.165, 1.54) is 0 Å². The summed E-state index contributed by atoms with van der Waals surface area (Å²) in [5.74, 6) is 2.49. The molecule has 3 aromatic carbocycles. The smallest absolute Gasteiger partial charge is 0.231 e. The molecule has 0 atom stereocenters. The molecule has 1 saturated heterocycles. The minimum Gasteiger partial charge on any atom is -0.454 e. The highest BCUT2D eigenvalue weighted by Crippen LogP contribution is 2.39. The number of aromatic nitrogens is 3. The van der Waals surface area contributed by atoms with Crippen LogP contribution in [-0.2, 0) is 16.4 Å². The molecule has 41 heavy (non-hydrogen) atoms. The third-order valence-corrected chi connectivity index (χ3v) is 9.90. The van der Waals surface area contributed by atoms with Crippen LogP contribution in [-0.4, -0.2) is 53.3 Å². The molecule has 0 spiro atoms. The van der Waals surface area contributed by atoms with Crippen LogP contribution < -0.4 is 9.47 Å². The standard InChI is InChI=1S/C32H30N4O4S/c37-41(38,19-15-23-8-5-7-22-6-1-2-9-26(22)23)36-17-13-24(14-18-36)32-34-30(31(35-32)27-10-3-4-16-33-27)25-11-12-28-29(20-25)40-21-39-28/h1-12,16,20,24H,13-15,17-19,21H2,(H,34,35). The molecule has 8 nitrogen and oxygen atoms in total. The molecule has 5 aromatic rings. The van der Waals surface area contributed by atoms with E-state index in [1.807, 2.05) is 60.7 Å². The number of benzene rings is 3. The molecule has 0 unspecified atom stereocenters. The van der Waals surface area contributed by atoms with Gasteiger partial charge in [0.05, 0.1) is 22.8 Å². The van der Waals surface area contributed by atoms with Gasteiger partial charge in [-0.15, -0.1) is 0 Å². The fourth-order valence-corrected chi connectivity index (χ4v) is 7.32. The van der Waals surface area contributed by atoms with Crippen LogP contribution in [0.15, 0.2) is 85.1 Å². The summed E-state index contributed by atoms with van der Waals surface area (Å²) >= 11 is 0. The van der Waals surface area contributed by atoms with Crippen LogP contribution in [0.25, 0.3) is 33.4 Å². The second kappa shape index (κ2) is 10.6. The maximum Gasteiger partial charge on any atom is 0.231 e. The first-order chi connectivity index (χ1) is 20.0. The van der Waals surface area contributed by atoms with Gasteiger partial charge >= 0.3 is 0 Å². The van der Waals surface area contributed by atoms with E-state index in [0.717, 1.165) is 50.6 Å². The Labute approximate surface area is 239 Å². The number of imidazole rings is 1. The first-order valence-corrected chi connectivity index (χ1v) is 15.5. The van der Waals surface area contributed by atoms with Gasteiger partial charge in [0.1, 0.15) is 5.82 Å². The first kappa shape index (κ1) is 25.7. The molecule has 0 amide bonds. The molecule has 1 N–H and O–H groups in total. The molecular weight excluding hydrogens is 536 g/mol. The van der Waals surface area contributed by atoms with Crippen LogP contribution in [0.4, 0.5) is 0 Å². The number of pyridine rings is 1. The molecule has 7 rings (SSSR count). The topological polar surface area (TPSA) is 97.4 Å². The van der Waals surface area contributed by atoms with Crippen molar-refractivity contribution in [1.82, 2.24) is 19.3 Å². The summed E-state index contributed by atoms with van der Waals surface area (Å²) < 4.78 is 39.4. The lowest BCUT2D eigenvalue weighted by Gasteiger charge is -2.30. The largest absolute Gasteiger partial charge is 0.454 e. The van der Waals surface area contributed by atoms with Crippen molar-refractivity contribution >= 4 is 20.8 Å². The van der Waals surface area contributed by atoms with Gasteiger partial charge in [-0.25, -0.2) is 17.7 Å². The normalized spacial score (nSPS) is 15.9. The molecule has 1 fully saturated rings. The van der Waals surface area contributed by atoms with Gasteiger partial charge in [-0.05, 0) is 65.9 Å². The van der Waals surface area contributed by atoms with Crippen molar-refractivity contribution in [3.05, 3.63) is 96.4 Å². The zero-order valence-corrected chi connectivity index (χ0v) is 23.3. The van der Waals surface area contributed by atoms with Crippen LogP contribution >= 0.6 is 0 Å². The molecular formula is C32H30N4O4S. The van der Waals surface area contributed by atoms with Crippen LogP contribution in [0.2, 0.25) is 0 Å². The van der Waals surface area contributed by atoms with E-state index in [0.29, 0.717) is 38.1 Å². The Kier molecular flexibility index (Phi) is 6.68. The number of sulfonamides is 1. The van der Waals surface area contributed by atoms with Gasteiger partial charge < -0.3 is 14.5 Å². The van der Waals surface area contributed by atoms with Gasteiger partial charge in [-0.1, -0.05) is 48.5 Å². The quantitative estimate of drug-likeness (QED) is 0.269. The van der Waals surface area contributed by atoms with E-state index in [2.05, 4.69) is 28.2 Å². The minimum atomic E-state index is -3.38. The molecule has 0 saturated carbocycles. The van der Waals surface area contributed by atoms with E-state index in [4.69, 9.17) is 14.5 Å². The number of nitrogens with one attached hydrogen (secondary N) is 1. The van der Waals surface area contributed by atoms with Gasteiger partial charge in [0, 0.05) is 30.8 Å². The number of piperidine rings is 1. The van der Waals surface area contributed by atoms with E-state index >= 15 is 0 Å². The third kappa shape index (κ3) is 5.07. The Morgan fingerprint density at radius 2 is 1.71 bits per heavy atom. The lowest BCUT2D eigenvalue weighted by atomic mass is 9.97. The molecule has 0 aliphatic carbocycles. The zero-order valence-electron chi connectivity index (χ0n) is 22.5. The van der Waals surface area contributed by atoms with Crippen molar-refractivity contribution in [2.45, 2.75) is 25.2 Å². The number of aromatic amines is 1. The lowest BCUT2D eigenvalue weighted by Crippen LogP contribution is -2.39. The molecule has 2 aromatic heterocycles. The van der Waals surface area contributed by atoms with Crippen molar-refractivity contribution in [2.24, 2.45) is 0 Å². The Hall–Kier alpha value is -4.21. The zero-order chi connectivity index (χ0) is 27.8. The predicted molar refractivity (Wildman–Crippen MR) is 158 cm³/mol. The molecule has 9 heteroatoms. The summed E-state index contributed by atoms with van der Waals surface area (Å²) in [5.41, 5.74) is 4.40. The van der Waals surface area contributed by atoms with Crippen LogP contribution in [0.1, 0.15) is 30.1 Å². The summed E-state index contributed by atoms with van der Waals surface area (Å²) in [6.45, 7) is 1.16. The summed E-state index contributed by atoms with van der Waals surface area (Å²) in [6.07, 6.45) is 3.65. The van der Waals surface area contributed by atoms with Gasteiger partial charge in [0.2, 0.25) is 16.8 Å². The highest BCUT2D eigenvalue weighted by molar-refractivity contribution is 7.89. The molecule has 2 aliphatic heterocycles. The Morgan fingerprint density at radius 1 is 0.902 bits per heavy atom. The number of fused-ring (bicyclic) bond motifs is 2. The van der Waals surface area contributed by atoms with Crippen LogP contribution in [0, 0.1) is 0 Å². The number of nitrogens with zero attached hydrogens (tertiary/aromatic N) is 3. The van der Waals surface area contributed by atoms with Crippen molar-refractivity contribution in [3.8, 4) is 34.1 Å². The van der Waals surface area contributed by atoms with Crippen molar-refractivity contribution in [1.29, 1.82) is 0 Å². The van der Waals surface area contributed by atoms with E-state index in [-0.39, 0.29) is 18.5 Å². The Bertz CT molecular complexity index is 1810. The molecule has 208 valence electrons. The monoisotopic (exact) mass is 566 g/mol. The predicted octanol–water partition coefficient (Wildman–Crippen LogP) is 5.77. The van der Waals surface area contributed by atoms with Gasteiger partial charge in [-0.3, -0.25) is 4.98 Å². The number of aryl methyl sites for hydroxylation is 1. The second-order valence-electron chi connectivity index (χ2n) is 10.5. The average molecular weight is 567 g/mol. The maximum atomic E-state index is 13.3. The van der Waals surface area contributed by atoms with Crippen molar-refractivity contribution < 1.29 is 17.9 Å². The number of ether oxygens (including phenoxy) is 2. The minimum absolute atomic E-state index is 0.102. The van der Waals surface area contributed by atoms with Crippen LogP contribution in [0.5, 0.6) is 11.5 Å². The summed E-state index contributed by atoms with van der Waals surface area (Å²) in [5, 5.41) is 2.25. The van der Waals surface area contributed by atoms with Crippen LogP contribution in [0.3, 0.4) is 0 Å². The maximum absolute atomic E-state index is 13.3. The van der Waals surface area contributed by atoms with Crippen molar-refractivity contribution in [3.63, 3.8) is 0 Å². The molecule has 0 bridgehead atoms. The third-order valence-electron chi connectivity index (χ3n) is 8.03. The summed E-state index contributed by atoms with van der Waals surface area (Å²) in [6, 6.07) is 25.8. The number of hydrogen-bond acceptors (Lipinski definition) is 6. The first-order valence-electron chi connectivity index (χ1n) is 13.9. The van der Waals surface area contributed by atoms with Crippen molar-refractivity contribution in [2.75, 3.05) is 25.6 Å². The fourth-order valence-electron chi connectivity index (χ4n) is 5.82. The van der Waals surface area contributed by atoms with Gasteiger partial charge in [0.15, 0.2) is 11.5 Å². The number of rotatable bonds is 7. The average Bonchev–Trinajstić information content (AvgIpc) is 3.68. The fraction of sp³-hybridized carbons (Fsp3) is 0.250. The highest BCUT2D eigenvalue weighted by atomic mass is 32.2. The molecule has 0 radical (unpaired) electrons. The highest BCUT2D eigenvalue weighted by Gasteiger charge is 2.31. The Balaban J connectivity index is 1.09. The summed E-state index contributed by atoms with van der Waals surface area (Å²) in [7, 11) is -3.38.